The number of nitrogens with two attached hydrogens (primary N) is 3. The zero-order valence-corrected chi connectivity index (χ0v) is 34.8. The standard InChI is InChI=1S/C19H20FNO4.2C12H23N.C3H7NO2/c20-17-8-4-7-15(13-17)9-11-21(12-10-18(22)23)19(24)25-14-16-5-2-1-3-6-16;2*1-3-7-11(8-4-1)13-12-9-5-2-6-10-12;1-2(4)3(5)6/h1-8,13H,9-12,14H2,(H,22,23);2*11-13H,1-10H2;2H,4H2,1H3,(H,5,6)/t;;;2-/m...0/s1. The van der Waals surface area contributed by atoms with Gasteiger partial charge >= 0.3 is 6.09 Å². The first kappa shape index (κ1) is 47.8. The number of rotatable bonds is 13. The van der Waals surface area contributed by atoms with Gasteiger partial charge in [-0.05, 0) is 139 Å². The fourth-order valence-electron chi connectivity index (χ4n) is 8.36. The van der Waals surface area contributed by atoms with Crippen LogP contribution in [-0.2, 0) is 27.4 Å². The van der Waals surface area contributed by atoms with Gasteiger partial charge in [-0.15, -0.1) is 0 Å². The van der Waals surface area contributed by atoms with E-state index in [1.54, 1.807) is 12.1 Å². The average Bonchev–Trinajstić information content (AvgIpc) is 3.22. The van der Waals surface area contributed by atoms with Crippen LogP contribution in [0, 0.1) is 5.82 Å². The number of nitrogens with zero attached hydrogens (tertiary/aromatic N) is 1. The molecular weight excluding hydrogens is 724 g/mol. The fourth-order valence-corrected chi connectivity index (χ4v) is 8.36. The van der Waals surface area contributed by atoms with Crippen LogP contribution in [-0.4, -0.2) is 66.2 Å². The van der Waals surface area contributed by atoms with Gasteiger partial charge in [0.1, 0.15) is 12.4 Å². The Bertz CT molecular complexity index is 1310. The molecule has 4 saturated carbocycles. The number of hydrogen-bond donors (Lipinski definition) is 3. The molecule has 0 saturated heterocycles. The van der Waals surface area contributed by atoms with Gasteiger partial charge in [-0.2, -0.15) is 0 Å². The maximum atomic E-state index is 13.2. The van der Waals surface area contributed by atoms with Crippen molar-refractivity contribution in [1.82, 2.24) is 4.90 Å². The van der Waals surface area contributed by atoms with Gasteiger partial charge in [-0.25, -0.2) is 9.18 Å². The molecule has 57 heavy (non-hydrogen) atoms. The summed E-state index contributed by atoms with van der Waals surface area (Å²) in [6, 6.07) is 18.4. The highest BCUT2D eigenvalue weighted by Gasteiger charge is 2.24. The molecule has 6 rings (SSSR count). The van der Waals surface area contributed by atoms with E-state index in [4.69, 9.17) is 10.5 Å². The quantitative estimate of drug-likeness (QED) is 0.265. The molecule has 1 amide bonds. The van der Waals surface area contributed by atoms with Crippen LogP contribution >= 0.6 is 0 Å². The molecule has 10 nitrogen and oxygen atoms in total. The molecule has 4 aliphatic carbocycles. The normalized spacial score (nSPS) is 18.6. The molecule has 4 fully saturated rings. The van der Waals surface area contributed by atoms with Crippen LogP contribution in [0.3, 0.4) is 0 Å². The maximum absolute atomic E-state index is 13.2. The third-order valence-corrected chi connectivity index (χ3v) is 11.7. The monoisotopic (exact) mass is 797 g/mol. The lowest BCUT2D eigenvalue weighted by Gasteiger charge is -2.27. The third kappa shape index (κ3) is 22.3. The summed E-state index contributed by atoms with van der Waals surface area (Å²) < 4.78 is 18.5. The lowest BCUT2D eigenvalue weighted by Crippen LogP contribution is -2.95. The van der Waals surface area contributed by atoms with Crippen molar-refractivity contribution < 1.29 is 44.4 Å². The smallest absolute Gasteiger partial charge is 0.410 e. The Labute approximate surface area is 341 Å². The van der Waals surface area contributed by atoms with E-state index in [2.05, 4.69) is 10.6 Å². The van der Waals surface area contributed by atoms with E-state index < -0.39 is 24.1 Å². The lowest BCUT2D eigenvalue weighted by molar-refractivity contribution is -0.726. The Morgan fingerprint density at radius 3 is 1.49 bits per heavy atom. The Hall–Kier alpha value is -3.54. The minimum Gasteiger partial charge on any atom is -0.550 e. The number of benzene rings is 2. The molecule has 0 aromatic heterocycles. The molecule has 0 heterocycles. The van der Waals surface area contributed by atoms with Crippen molar-refractivity contribution in [2.24, 2.45) is 5.73 Å². The molecule has 4 aliphatic rings. The molecule has 320 valence electrons. The molecule has 11 heteroatoms. The summed E-state index contributed by atoms with van der Waals surface area (Å²) in [5, 5.41) is 25.6. The molecule has 0 spiro atoms. The van der Waals surface area contributed by atoms with E-state index in [9.17, 15) is 29.0 Å². The van der Waals surface area contributed by atoms with Crippen LogP contribution in [0.25, 0.3) is 0 Å². The largest absolute Gasteiger partial charge is 0.550 e. The van der Waals surface area contributed by atoms with Crippen molar-refractivity contribution in [2.45, 2.75) is 185 Å². The predicted octanol–water partition coefficient (Wildman–Crippen LogP) is 4.66. The van der Waals surface area contributed by atoms with Gasteiger partial charge in [0, 0.05) is 31.5 Å². The summed E-state index contributed by atoms with van der Waals surface area (Å²) in [6.07, 6.45) is 29.4. The zero-order chi connectivity index (χ0) is 41.1. The topological polar surface area (TPSA) is 169 Å². The first-order valence-electron chi connectivity index (χ1n) is 22.1. The minimum atomic E-state index is -1.24. The number of carbonyl (C=O) groups excluding carboxylic acids is 3. The second-order valence-electron chi connectivity index (χ2n) is 16.6. The molecule has 0 unspecified atom stereocenters. The van der Waals surface area contributed by atoms with E-state index in [0.717, 1.165) is 29.7 Å². The summed E-state index contributed by atoms with van der Waals surface area (Å²) in [7, 11) is 0. The fraction of sp³-hybridized carbons (Fsp3) is 0.674. The molecular formula is C46H73FN4O6. The number of ether oxygens (including phenoxy) is 1. The number of aliphatic carboxylic acids is 2. The van der Waals surface area contributed by atoms with Crippen molar-refractivity contribution in [3.05, 3.63) is 71.5 Å². The Balaban J connectivity index is 0.000000228. The van der Waals surface area contributed by atoms with Crippen molar-refractivity contribution in [3.8, 4) is 0 Å². The molecule has 0 aliphatic heterocycles. The summed E-state index contributed by atoms with van der Waals surface area (Å²) in [5.74, 6) is -2.81. The molecule has 2 aromatic carbocycles. The molecule has 2 aromatic rings. The van der Waals surface area contributed by atoms with Crippen LogP contribution < -0.4 is 26.6 Å². The van der Waals surface area contributed by atoms with Crippen molar-refractivity contribution in [1.29, 1.82) is 0 Å². The number of carboxylic acids is 2. The van der Waals surface area contributed by atoms with Crippen LogP contribution in [0.2, 0.25) is 0 Å². The summed E-state index contributed by atoms with van der Waals surface area (Å²) in [6.45, 7) is 1.66. The first-order chi connectivity index (χ1) is 27.6. The highest BCUT2D eigenvalue weighted by molar-refractivity contribution is 5.70. The predicted molar refractivity (Wildman–Crippen MR) is 218 cm³/mol. The highest BCUT2D eigenvalue weighted by atomic mass is 19.1. The highest BCUT2D eigenvalue weighted by Crippen LogP contribution is 2.20. The number of quaternary nitrogens is 2. The summed E-state index contributed by atoms with van der Waals surface area (Å²) >= 11 is 0. The van der Waals surface area contributed by atoms with Crippen LogP contribution in [0.5, 0.6) is 0 Å². The van der Waals surface area contributed by atoms with E-state index in [1.165, 1.54) is 152 Å². The van der Waals surface area contributed by atoms with Gasteiger partial charge in [0.15, 0.2) is 0 Å². The minimum absolute atomic E-state index is 0.0225. The molecule has 0 bridgehead atoms. The van der Waals surface area contributed by atoms with Crippen LogP contribution in [0.1, 0.15) is 153 Å². The van der Waals surface area contributed by atoms with E-state index in [1.807, 2.05) is 30.3 Å². The average molecular weight is 797 g/mol. The van der Waals surface area contributed by atoms with E-state index in [0.29, 0.717) is 12.0 Å². The van der Waals surface area contributed by atoms with Crippen LogP contribution in [0.15, 0.2) is 54.6 Å². The number of halogens is 1. The van der Waals surface area contributed by atoms with E-state index in [-0.39, 0.29) is 31.9 Å². The Morgan fingerprint density at radius 2 is 1.11 bits per heavy atom. The Kier molecular flexibility index (Phi) is 24.2. The third-order valence-electron chi connectivity index (χ3n) is 11.7. The maximum Gasteiger partial charge on any atom is 0.410 e. The lowest BCUT2D eigenvalue weighted by atomic mass is 9.91. The second kappa shape index (κ2) is 28.8. The van der Waals surface area contributed by atoms with E-state index >= 15 is 0 Å². The molecule has 6 N–H and O–H groups in total. The summed E-state index contributed by atoms with van der Waals surface area (Å²) in [5.41, 5.74) is 6.32. The SMILES string of the molecule is C1CCC([NH2+]C2CCCCC2)CC1.C1CCC([NH2+]C2CCCCC2)CC1.C[C@H](N)C(=O)[O-].O=C([O-])CCN(CCc1cccc(F)c1)C(=O)OCc1ccccc1. The van der Waals surface area contributed by atoms with Crippen molar-refractivity contribution in [2.75, 3.05) is 13.1 Å². The van der Waals surface area contributed by atoms with Crippen molar-refractivity contribution in [3.63, 3.8) is 0 Å². The molecule has 0 radical (unpaired) electrons. The number of carboxylic acid groups (broad SMARTS) is 2. The van der Waals surface area contributed by atoms with Gasteiger partial charge in [-0.1, -0.05) is 68.1 Å². The van der Waals surface area contributed by atoms with Gasteiger partial charge in [0.2, 0.25) is 0 Å². The van der Waals surface area contributed by atoms with Crippen LogP contribution in [0.4, 0.5) is 9.18 Å². The zero-order valence-electron chi connectivity index (χ0n) is 34.8. The van der Waals surface area contributed by atoms with Gasteiger partial charge in [-0.3, -0.25) is 0 Å². The van der Waals surface area contributed by atoms with Gasteiger partial charge < -0.3 is 45.8 Å². The second-order valence-corrected chi connectivity index (χ2v) is 16.6. The van der Waals surface area contributed by atoms with Gasteiger partial charge in [0.25, 0.3) is 0 Å². The van der Waals surface area contributed by atoms with Crippen molar-refractivity contribution >= 4 is 18.0 Å². The first-order valence-corrected chi connectivity index (χ1v) is 22.1. The van der Waals surface area contributed by atoms with Gasteiger partial charge in [0.05, 0.1) is 30.1 Å². The number of amides is 1. The summed E-state index contributed by atoms with van der Waals surface area (Å²) in [4.78, 5) is 33.7. The molecule has 1 atom stereocenters. The number of hydrogen-bond acceptors (Lipinski definition) is 7. The number of carbonyl (C=O) groups is 3. The Morgan fingerprint density at radius 1 is 0.684 bits per heavy atom.